The standard InChI is InChI=1S/C14H21FN2O/c1-3-11(10-16)9-14(18)17(4-2)13-8-6-5-7-12(13)15/h5-8,11H,3-4,9-10,16H2,1-2H3. The fraction of sp³-hybridized carbons (Fsp3) is 0.500. The van der Waals surface area contributed by atoms with E-state index in [1.165, 1.54) is 11.0 Å². The van der Waals surface area contributed by atoms with Crippen LogP contribution in [0.3, 0.4) is 0 Å². The molecule has 0 saturated carbocycles. The number of nitrogens with zero attached hydrogens (tertiary/aromatic N) is 1. The maximum atomic E-state index is 13.7. The lowest BCUT2D eigenvalue weighted by Gasteiger charge is -2.23. The van der Waals surface area contributed by atoms with E-state index in [4.69, 9.17) is 5.73 Å². The molecule has 0 aliphatic rings. The molecule has 0 bridgehead atoms. The summed E-state index contributed by atoms with van der Waals surface area (Å²) in [5, 5.41) is 0. The van der Waals surface area contributed by atoms with Crippen LogP contribution in [0.1, 0.15) is 26.7 Å². The van der Waals surface area contributed by atoms with Crippen LogP contribution in [0.15, 0.2) is 24.3 Å². The minimum atomic E-state index is -0.367. The number of para-hydroxylation sites is 1. The van der Waals surface area contributed by atoms with Gasteiger partial charge < -0.3 is 10.6 Å². The summed E-state index contributed by atoms with van der Waals surface area (Å²) in [6, 6.07) is 6.34. The van der Waals surface area contributed by atoms with Crippen molar-refractivity contribution >= 4 is 11.6 Å². The summed E-state index contributed by atoms with van der Waals surface area (Å²) < 4.78 is 13.7. The molecule has 3 nitrogen and oxygen atoms in total. The Bertz CT molecular complexity index is 391. The van der Waals surface area contributed by atoms with Crippen LogP contribution in [0.25, 0.3) is 0 Å². The number of nitrogens with two attached hydrogens (primary N) is 1. The third-order valence-electron chi connectivity index (χ3n) is 3.13. The van der Waals surface area contributed by atoms with Gasteiger partial charge in [0.2, 0.25) is 5.91 Å². The van der Waals surface area contributed by atoms with E-state index in [9.17, 15) is 9.18 Å². The molecule has 0 radical (unpaired) electrons. The van der Waals surface area contributed by atoms with Gasteiger partial charge in [-0.2, -0.15) is 0 Å². The Balaban J connectivity index is 2.84. The Morgan fingerprint density at radius 2 is 2.06 bits per heavy atom. The highest BCUT2D eigenvalue weighted by Crippen LogP contribution is 2.20. The van der Waals surface area contributed by atoms with Crippen molar-refractivity contribution < 1.29 is 9.18 Å². The molecular weight excluding hydrogens is 231 g/mol. The molecule has 1 rings (SSSR count). The third kappa shape index (κ3) is 3.53. The SMILES string of the molecule is CCC(CN)CC(=O)N(CC)c1ccccc1F. The lowest BCUT2D eigenvalue weighted by molar-refractivity contribution is -0.119. The fourth-order valence-corrected chi connectivity index (χ4v) is 1.90. The molecule has 0 fully saturated rings. The Morgan fingerprint density at radius 1 is 1.39 bits per heavy atom. The minimum absolute atomic E-state index is 0.0695. The van der Waals surface area contributed by atoms with Crippen LogP contribution >= 0.6 is 0 Å². The molecule has 0 spiro atoms. The summed E-state index contributed by atoms with van der Waals surface area (Å²) >= 11 is 0. The molecule has 1 unspecified atom stereocenters. The van der Waals surface area contributed by atoms with Crippen molar-refractivity contribution in [1.82, 2.24) is 0 Å². The molecule has 1 aromatic carbocycles. The predicted octanol–water partition coefficient (Wildman–Crippen LogP) is 2.55. The molecule has 100 valence electrons. The highest BCUT2D eigenvalue weighted by atomic mass is 19.1. The molecular formula is C14H21FN2O. The van der Waals surface area contributed by atoms with Crippen molar-refractivity contribution in [2.75, 3.05) is 18.0 Å². The van der Waals surface area contributed by atoms with Crippen molar-refractivity contribution in [3.8, 4) is 0 Å². The number of hydrogen-bond acceptors (Lipinski definition) is 2. The summed E-state index contributed by atoms with van der Waals surface area (Å²) in [4.78, 5) is 13.6. The van der Waals surface area contributed by atoms with Crippen molar-refractivity contribution in [2.45, 2.75) is 26.7 Å². The summed E-state index contributed by atoms with van der Waals surface area (Å²) in [7, 11) is 0. The van der Waals surface area contributed by atoms with Gasteiger partial charge in [0.1, 0.15) is 5.82 Å². The monoisotopic (exact) mass is 252 g/mol. The summed E-state index contributed by atoms with van der Waals surface area (Å²) in [5.41, 5.74) is 5.94. The van der Waals surface area contributed by atoms with E-state index in [1.807, 2.05) is 13.8 Å². The molecule has 0 saturated heterocycles. The van der Waals surface area contributed by atoms with Crippen molar-refractivity contribution in [2.24, 2.45) is 11.7 Å². The highest BCUT2D eigenvalue weighted by molar-refractivity contribution is 5.93. The van der Waals surface area contributed by atoms with Crippen LogP contribution < -0.4 is 10.6 Å². The van der Waals surface area contributed by atoms with Gasteiger partial charge in [-0.3, -0.25) is 4.79 Å². The number of benzene rings is 1. The third-order valence-corrected chi connectivity index (χ3v) is 3.13. The molecule has 2 N–H and O–H groups in total. The molecule has 0 aromatic heterocycles. The number of carbonyl (C=O) groups excluding carboxylic acids is 1. The first-order chi connectivity index (χ1) is 8.63. The largest absolute Gasteiger partial charge is 0.330 e. The van der Waals surface area contributed by atoms with E-state index in [0.717, 1.165) is 6.42 Å². The van der Waals surface area contributed by atoms with Gasteiger partial charge in [0, 0.05) is 13.0 Å². The normalized spacial score (nSPS) is 12.2. The molecule has 0 aliphatic heterocycles. The van der Waals surface area contributed by atoms with Crippen LogP contribution in [0.5, 0.6) is 0 Å². The van der Waals surface area contributed by atoms with E-state index in [2.05, 4.69) is 0 Å². The van der Waals surface area contributed by atoms with E-state index in [-0.39, 0.29) is 17.6 Å². The van der Waals surface area contributed by atoms with Crippen LogP contribution in [0.4, 0.5) is 10.1 Å². The number of carbonyl (C=O) groups is 1. The second-order valence-electron chi connectivity index (χ2n) is 4.30. The quantitative estimate of drug-likeness (QED) is 0.845. The average molecular weight is 252 g/mol. The van der Waals surface area contributed by atoms with E-state index >= 15 is 0 Å². The van der Waals surface area contributed by atoms with Gasteiger partial charge in [0.15, 0.2) is 0 Å². The lowest BCUT2D eigenvalue weighted by Crippen LogP contribution is -2.34. The number of halogens is 1. The number of amides is 1. The van der Waals surface area contributed by atoms with Crippen molar-refractivity contribution in [3.63, 3.8) is 0 Å². The Labute approximate surface area is 108 Å². The molecule has 0 aliphatic carbocycles. The van der Waals surface area contributed by atoms with Gasteiger partial charge in [-0.1, -0.05) is 25.5 Å². The van der Waals surface area contributed by atoms with E-state index < -0.39 is 0 Å². The zero-order valence-corrected chi connectivity index (χ0v) is 11.0. The Kier molecular flexibility index (Phi) is 5.78. The second kappa shape index (κ2) is 7.11. The maximum Gasteiger partial charge on any atom is 0.227 e. The highest BCUT2D eigenvalue weighted by Gasteiger charge is 2.19. The summed E-state index contributed by atoms with van der Waals surface area (Å²) in [5.74, 6) is -0.272. The number of rotatable bonds is 6. The molecule has 4 heteroatoms. The van der Waals surface area contributed by atoms with Gasteiger partial charge in [0.25, 0.3) is 0 Å². The van der Waals surface area contributed by atoms with Crippen molar-refractivity contribution in [3.05, 3.63) is 30.1 Å². The summed E-state index contributed by atoms with van der Waals surface area (Å²) in [6.45, 7) is 4.79. The maximum absolute atomic E-state index is 13.7. The molecule has 18 heavy (non-hydrogen) atoms. The smallest absolute Gasteiger partial charge is 0.227 e. The zero-order chi connectivity index (χ0) is 13.5. The Morgan fingerprint density at radius 3 is 2.56 bits per heavy atom. The van der Waals surface area contributed by atoms with E-state index in [0.29, 0.717) is 25.2 Å². The van der Waals surface area contributed by atoms with Gasteiger partial charge in [-0.05, 0) is 31.5 Å². The van der Waals surface area contributed by atoms with Gasteiger partial charge >= 0.3 is 0 Å². The molecule has 1 aromatic rings. The van der Waals surface area contributed by atoms with Crippen LogP contribution in [-0.2, 0) is 4.79 Å². The van der Waals surface area contributed by atoms with Crippen LogP contribution in [0.2, 0.25) is 0 Å². The van der Waals surface area contributed by atoms with E-state index in [1.54, 1.807) is 18.2 Å². The first-order valence-electron chi connectivity index (χ1n) is 6.38. The van der Waals surface area contributed by atoms with Crippen molar-refractivity contribution in [1.29, 1.82) is 0 Å². The number of hydrogen-bond donors (Lipinski definition) is 1. The first-order valence-corrected chi connectivity index (χ1v) is 6.38. The topological polar surface area (TPSA) is 46.3 Å². The molecule has 0 heterocycles. The van der Waals surface area contributed by atoms with Crippen LogP contribution in [0, 0.1) is 11.7 Å². The first kappa shape index (κ1) is 14.6. The van der Waals surface area contributed by atoms with Gasteiger partial charge in [-0.15, -0.1) is 0 Å². The summed E-state index contributed by atoms with van der Waals surface area (Å²) in [6.07, 6.45) is 1.23. The Hall–Kier alpha value is -1.42. The molecule has 1 atom stereocenters. The predicted molar refractivity (Wildman–Crippen MR) is 71.9 cm³/mol. The average Bonchev–Trinajstić information content (AvgIpc) is 2.39. The number of anilines is 1. The lowest BCUT2D eigenvalue weighted by atomic mass is 10.0. The second-order valence-corrected chi connectivity index (χ2v) is 4.30. The molecule has 1 amide bonds. The minimum Gasteiger partial charge on any atom is -0.330 e. The van der Waals surface area contributed by atoms with Crippen LogP contribution in [-0.4, -0.2) is 19.0 Å². The zero-order valence-electron chi connectivity index (χ0n) is 11.0. The van der Waals surface area contributed by atoms with Gasteiger partial charge in [-0.25, -0.2) is 4.39 Å². The fourth-order valence-electron chi connectivity index (χ4n) is 1.90. The van der Waals surface area contributed by atoms with Gasteiger partial charge in [0.05, 0.1) is 5.69 Å².